The monoisotopic (exact) mass is 433 g/mol. The maximum Gasteiger partial charge on any atom is 0.220 e. The Morgan fingerprint density at radius 2 is 1.61 bits per heavy atom. The molecule has 1 amide bonds. The minimum absolute atomic E-state index is 0.0844. The average Bonchev–Trinajstić information content (AvgIpc) is 3.15. The van der Waals surface area contributed by atoms with Crippen LogP contribution in [-0.4, -0.2) is 30.1 Å². The van der Waals surface area contributed by atoms with Gasteiger partial charge in [-0.25, -0.2) is 13.4 Å². The Balaban J connectivity index is 1.44. The Labute approximate surface area is 181 Å². The highest BCUT2D eigenvalue weighted by Crippen LogP contribution is 2.22. The number of imidazole rings is 1. The van der Waals surface area contributed by atoms with E-state index in [2.05, 4.69) is 9.88 Å². The van der Waals surface area contributed by atoms with Crippen LogP contribution in [-0.2, 0) is 27.6 Å². The van der Waals surface area contributed by atoms with Crippen molar-refractivity contribution in [3.63, 3.8) is 0 Å². The standard InChI is InChI=1S/C24H23N3O3S/c1-31(29,30)20-13-11-18(12-14-20)17-25-24(28)16-15-23-26-21-9-5-6-10-22(21)27(23)19-7-3-2-4-8-19/h2-14H,15-17H2,1H3,(H,25,28). The molecule has 1 heterocycles. The summed E-state index contributed by atoms with van der Waals surface area (Å²) in [6.45, 7) is 0.345. The van der Waals surface area contributed by atoms with Gasteiger partial charge in [0.25, 0.3) is 0 Å². The fourth-order valence-electron chi connectivity index (χ4n) is 3.48. The molecule has 0 aliphatic heterocycles. The van der Waals surface area contributed by atoms with E-state index in [-0.39, 0.29) is 10.8 Å². The molecular formula is C24H23N3O3S. The maximum atomic E-state index is 12.4. The third-order valence-corrected chi connectivity index (χ3v) is 6.19. The fraction of sp³-hybridized carbons (Fsp3) is 0.167. The van der Waals surface area contributed by atoms with E-state index in [9.17, 15) is 13.2 Å². The molecule has 4 rings (SSSR count). The Kier molecular flexibility index (Phi) is 5.86. The molecular weight excluding hydrogens is 410 g/mol. The third kappa shape index (κ3) is 4.83. The first kappa shape index (κ1) is 20.8. The minimum Gasteiger partial charge on any atom is -0.352 e. The second kappa shape index (κ2) is 8.73. The Bertz CT molecular complexity index is 1310. The molecule has 0 aliphatic rings. The molecule has 31 heavy (non-hydrogen) atoms. The Hall–Kier alpha value is -3.45. The molecule has 0 atom stereocenters. The van der Waals surface area contributed by atoms with Crippen molar-refractivity contribution >= 4 is 26.8 Å². The van der Waals surface area contributed by atoms with Gasteiger partial charge in [0.05, 0.1) is 15.9 Å². The first-order valence-electron chi connectivity index (χ1n) is 9.99. The fourth-order valence-corrected chi connectivity index (χ4v) is 4.11. The van der Waals surface area contributed by atoms with Crippen LogP contribution in [0.15, 0.2) is 83.8 Å². The van der Waals surface area contributed by atoms with Gasteiger partial charge >= 0.3 is 0 Å². The maximum absolute atomic E-state index is 12.4. The van der Waals surface area contributed by atoms with Gasteiger partial charge in [-0.15, -0.1) is 0 Å². The zero-order valence-electron chi connectivity index (χ0n) is 17.2. The quantitative estimate of drug-likeness (QED) is 0.482. The molecule has 7 heteroatoms. The molecule has 1 aromatic heterocycles. The highest BCUT2D eigenvalue weighted by molar-refractivity contribution is 7.90. The summed E-state index contributed by atoms with van der Waals surface area (Å²) < 4.78 is 25.2. The number of aromatic nitrogens is 2. The van der Waals surface area contributed by atoms with E-state index in [0.717, 1.165) is 28.1 Å². The van der Waals surface area contributed by atoms with Gasteiger partial charge in [-0.05, 0) is 42.0 Å². The number of aryl methyl sites for hydroxylation is 1. The summed E-state index contributed by atoms with van der Waals surface area (Å²) in [5.41, 5.74) is 3.76. The van der Waals surface area contributed by atoms with Crippen LogP contribution in [0.25, 0.3) is 16.7 Å². The van der Waals surface area contributed by atoms with Crippen molar-refractivity contribution in [1.29, 1.82) is 0 Å². The second-order valence-corrected chi connectivity index (χ2v) is 9.40. The SMILES string of the molecule is CS(=O)(=O)c1ccc(CNC(=O)CCc2nc3ccccc3n2-c2ccccc2)cc1. The normalized spacial score (nSPS) is 11.5. The molecule has 0 fully saturated rings. The van der Waals surface area contributed by atoms with Gasteiger partial charge in [0.2, 0.25) is 5.91 Å². The number of fused-ring (bicyclic) bond motifs is 1. The summed E-state index contributed by atoms with van der Waals surface area (Å²) in [7, 11) is -3.22. The second-order valence-electron chi connectivity index (χ2n) is 7.38. The number of sulfone groups is 1. The topological polar surface area (TPSA) is 81.1 Å². The van der Waals surface area contributed by atoms with Crippen molar-refractivity contribution in [2.24, 2.45) is 0 Å². The molecule has 1 N–H and O–H groups in total. The van der Waals surface area contributed by atoms with E-state index in [1.165, 1.54) is 6.26 Å². The summed E-state index contributed by atoms with van der Waals surface area (Å²) in [6.07, 6.45) is 1.98. The van der Waals surface area contributed by atoms with E-state index in [0.29, 0.717) is 19.4 Å². The Morgan fingerprint density at radius 3 is 2.32 bits per heavy atom. The number of benzene rings is 3. The van der Waals surface area contributed by atoms with Crippen molar-refractivity contribution in [2.75, 3.05) is 6.26 Å². The van der Waals surface area contributed by atoms with Crippen LogP contribution in [0.1, 0.15) is 17.8 Å². The number of rotatable bonds is 7. The van der Waals surface area contributed by atoms with Crippen LogP contribution >= 0.6 is 0 Å². The van der Waals surface area contributed by atoms with E-state index < -0.39 is 9.84 Å². The highest BCUT2D eigenvalue weighted by Gasteiger charge is 2.13. The molecule has 0 spiro atoms. The zero-order valence-corrected chi connectivity index (χ0v) is 18.0. The smallest absolute Gasteiger partial charge is 0.220 e. The molecule has 0 saturated heterocycles. The van der Waals surface area contributed by atoms with Gasteiger partial charge in [-0.3, -0.25) is 9.36 Å². The lowest BCUT2D eigenvalue weighted by Crippen LogP contribution is -2.23. The summed E-state index contributed by atoms with van der Waals surface area (Å²) in [5.74, 6) is 0.749. The van der Waals surface area contributed by atoms with Crippen molar-refractivity contribution in [1.82, 2.24) is 14.9 Å². The highest BCUT2D eigenvalue weighted by atomic mass is 32.2. The van der Waals surface area contributed by atoms with E-state index in [4.69, 9.17) is 4.98 Å². The number of hydrogen-bond donors (Lipinski definition) is 1. The third-order valence-electron chi connectivity index (χ3n) is 5.06. The lowest BCUT2D eigenvalue weighted by atomic mass is 10.2. The number of nitrogens with zero attached hydrogens (tertiary/aromatic N) is 2. The first-order chi connectivity index (χ1) is 14.9. The van der Waals surface area contributed by atoms with E-state index in [1.807, 2.05) is 54.6 Å². The molecule has 4 aromatic rings. The summed E-state index contributed by atoms with van der Waals surface area (Å²) in [6, 6.07) is 24.5. The molecule has 0 unspecified atom stereocenters. The van der Waals surface area contributed by atoms with E-state index in [1.54, 1.807) is 24.3 Å². The van der Waals surface area contributed by atoms with Crippen LogP contribution in [0.3, 0.4) is 0 Å². The van der Waals surface area contributed by atoms with Crippen molar-refractivity contribution < 1.29 is 13.2 Å². The number of amides is 1. The van der Waals surface area contributed by atoms with Gasteiger partial charge in [0.15, 0.2) is 9.84 Å². The van der Waals surface area contributed by atoms with Crippen molar-refractivity contribution in [3.05, 3.63) is 90.3 Å². The van der Waals surface area contributed by atoms with Gasteiger partial charge in [0.1, 0.15) is 5.82 Å². The molecule has 0 aliphatic carbocycles. The van der Waals surface area contributed by atoms with Gasteiger partial charge in [-0.1, -0.05) is 42.5 Å². The summed E-state index contributed by atoms with van der Waals surface area (Å²) >= 11 is 0. The first-order valence-corrected chi connectivity index (χ1v) is 11.9. The van der Waals surface area contributed by atoms with Crippen LogP contribution < -0.4 is 5.32 Å². The van der Waals surface area contributed by atoms with Crippen LogP contribution in [0.5, 0.6) is 0 Å². The van der Waals surface area contributed by atoms with Crippen LogP contribution in [0.4, 0.5) is 0 Å². The number of carbonyl (C=O) groups excluding carboxylic acids is 1. The van der Waals surface area contributed by atoms with Crippen LogP contribution in [0, 0.1) is 0 Å². The van der Waals surface area contributed by atoms with Gasteiger partial charge in [-0.2, -0.15) is 0 Å². The predicted molar refractivity (Wildman–Crippen MR) is 121 cm³/mol. The van der Waals surface area contributed by atoms with E-state index >= 15 is 0 Å². The number of hydrogen-bond acceptors (Lipinski definition) is 4. The average molecular weight is 434 g/mol. The largest absolute Gasteiger partial charge is 0.352 e. The number of para-hydroxylation sites is 3. The van der Waals surface area contributed by atoms with Crippen molar-refractivity contribution in [2.45, 2.75) is 24.3 Å². The zero-order chi connectivity index (χ0) is 21.8. The lowest BCUT2D eigenvalue weighted by Gasteiger charge is -2.10. The lowest BCUT2D eigenvalue weighted by molar-refractivity contribution is -0.121. The minimum atomic E-state index is -3.22. The van der Waals surface area contributed by atoms with Gasteiger partial charge in [0, 0.05) is 31.3 Å². The molecule has 0 radical (unpaired) electrons. The van der Waals surface area contributed by atoms with Gasteiger partial charge < -0.3 is 5.32 Å². The molecule has 0 saturated carbocycles. The Morgan fingerprint density at radius 1 is 0.935 bits per heavy atom. The number of carbonyl (C=O) groups is 1. The summed E-state index contributed by atoms with van der Waals surface area (Å²) in [5, 5.41) is 2.89. The van der Waals surface area contributed by atoms with Crippen molar-refractivity contribution in [3.8, 4) is 5.69 Å². The molecule has 3 aromatic carbocycles. The predicted octanol–water partition coefficient (Wildman–Crippen LogP) is 3.68. The molecule has 0 bridgehead atoms. The van der Waals surface area contributed by atoms with Crippen LogP contribution in [0.2, 0.25) is 0 Å². The molecule has 158 valence electrons. The summed E-state index contributed by atoms with van der Waals surface area (Å²) in [4.78, 5) is 17.4. The molecule has 6 nitrogen and oxygen atoms in total. The number of nitrogens with one attached hydrogen (secondary N) is 1.